The molecule has 1 heterocycles. The molecule has 0 bridgehead atoms. The van der Waals surface area contributed by atoms with Gasteiger partial charge < -0.3 is 11.1 Å². The van der Waals surface area contributed by atoms with Crippen LogP contribution in [0.1, 0.15) is 12.1 Å². The van der Waals surface area contributed by atoms with E-state index in [2.05, 4.69) is 10.3 Å². The molecule has 1 amide bonds. The minimum Gasteiger partial charge on any atom is -0.359 e. The van der Waals surface area contributed by atoms with E-state index in [1.54, 1.807) is 6.07 Å². The lowest BCUT2D eigenvalue weighted by molar-refractivity contribution is -0.120. The van der Waals surface area contributed by atoms with E-state index >= 15 is 0 Å². The average molecular weight is 286 g/mol. The van der Waals surface area contributed by atoms with Crippen molar-refractivity contribution < 1.29 is 13.2 Å². The lowest BCUT2D eigenvalue weighted by Crippen LogP contribution is -2.31. The molecule has 0 aliphatic carbocycles. The van der Waals surface area contributed by atoms with Crippen LogP contribution in [-0.2, 0) is 21.4 Å². The Morgan fingerprint density at radius 2 is 2.16 bits per heavy atom. The molecular weight excluding hydrogens is 268 g/mol. The number of nitrogens with zero attached hydrogens (tertiary/aromatic N) is 2. The fourth-order valence-electron chi connectivity index (χ4n) is 1.37. The number of carbonyl (C=O) groups excluding carboxylic acids is 1. The van der Waals surface area contributed by atoms with Gasteiger partial charge in [0, 0.05) is 39.8 Å². The third-order valence-corrected chi connectivity index (χ3v) is 4.49. The zero-order valence-corrected chi connectivity index (χ0v) is 11.8. The summed E-state index contributed by atoms with van der Waals surface area (Å²) in [5.74, 6) is -0.210. The van der Waals surface area contributed by atoms with Crippen LogP contribution in [-0.4, -0.2) is 44.3 Å². The number of nitrogens with one attached hydrogen (secondary N) is 1. The molecule has 3 N–H and O–H groups in total. The molecule has 0 fully saturated rings. The van der Waals surface area contributed by atoms with Crippen molar-refractivity contribution in [3.63, 3.8) is 0 Å². The predicted octanol–water partition coefficient (Wildman–Crippen LogP) is -0.703. The number of nitrogens with two attached hydrogens (primary N) is 1. The Balaban J connectivity index is 2.81. The topological polar surface area (TPSA) is 105 Å². The second-order valence-electron chi connectivity index (χ2n) is 3.94. The number of rotatable bonds is 6. The third kappa shape index (κ3) is 3.98. The van der Waals surface area contributed by atoms with E-state index in [4.69, 9.17) is 5.73 Å². The van der Waals surface area contributed by atoms with Crippen LogP contribution in [0.25, 0.3) is 0 Å². The van der Waals surface area contributed by atoms with Crippen LogP contribution in [0, 0.1) is 0 Å². The first-order valence-electron chi connectivity index (χ1n) is 5.73. The van der Waals surface area contributed by atoms with Crippen molar-refractivity contribution in [1.82, 2.24) is 14.6 Å². The van der Waals surface area contributed by atoms with E-state index < -0.39 is 10.0 Å². The molecule has 1 aromatic heterocycles. The number of hydrogen-bond acceptors (Lipinski definition) is 5. The van der Waals surface area contributed by atoms with Gasteiger partial charge in [0.15, 0.2) is 0 Å². The van der Waals surface area contributed by atoms with Gasteiger partial charge in [0.2, 0.25) is 15.9 Å². The van der Waals surface area contributed by atoms with Crippen molar-refractivity contribution in [2.24, 2.45) is 5.73 Å². The largest absolute Gasteiger partial charge is 0.359 e. The van der Waals surface area contributed by atoms with Gasteiger partial charge in [-0.2, -0.15) is 0 Å². The molecule has 106 valence electrons. The minimum atomic E-state index is -3.62. The van der Waals surface area contributed by atoms with Gasteiger partial charge in [-0.25, -0.2) is 12.7 Å². The molecule has 0 radical (unpaired) electrons. The number of hydrogen-bond donors (Lipinski definition) is 2. The Morgan fingerprint density at radius 3 is 2.63 bits per heavy atom. The fourth-order valence-corrected chi connectivity index (χ4v) is 2.49. The first-order valence-corrected chi connectivity index (χ1v) is 7.17. The van der Waals surface area contributed by atoms with Crippen LogP contribution >= 0.6 is 0 Å². The van der Waals surface area contributed by atoms with Gasteiger partial charge in [-0.3, -0.25) is 9.78 Å². The van der Waals surface area contributed by atoms with Gasteiger partial charge in [0.05, 0.1) is 5.69 Å². The molecule has 0 saturated carbocycles. The van der Waals surface area contributed by atoms with Gasteiger partial charge >= 0.3 is 0 Å². The predicted molar refractivity (Wildman–Crippen MR) is 70.6 cm³/mol. The highest BCUT2D eigenvalue weighted by Crippen LogP contribution is 2.13. The maximum absolute atomic E-state index is 12.2. The van der Waals surface area contributed by atoms with Gasteiger partial charge in [0.1, 0.15) is 4.90 Å². The molecule has 19 heavy (non-hydrogen) atoms. The quantitative estimate of drug-likeness (QED) is 0.719. The maximum atomic E-state index is 12.2. The standard InChI is InChI=1S/C11H18N4O3S/c1-13-11(16)5-6-15(2)19(17,18)10-4-3-9(7-12)14-8-10/h3-4,8H,5-7,12H2,1-2H3,(H,13,16). The Labute approximate surface area is 112 Å². The average Bonchev–Trinajstić information content (AvgIpc) is 2.44. The number of amides is 1. The minimum absolute atomic E-state index is 0.0871. The molecular formula is C11H18N4O3S. The normalized spacial score (nSPS) is 11.6. The highest BCUT2D eigenvalue weighted by Gasteiger charge is 2.21. The van der Waals surface area contributed by atoms with Gasteiger partial charge in [-0.1, -0.05) is 0 Å². The Kier molecular flexibility index (Phi) is 5.40. The van der Waals surface area contributed by atoms with Crippen LogP contribution in [0.2, 0.25) is 0 Å². The van der Waals surface area contributed by atoms with Gasteiger partial charge in [-0.15, -0.1) is 0 Å². The molecule has 0 spiro atoms. The number of pyridine rings is 1. The summed E-state index contributed by atoms with van der Waals surface area (Å²) in [7, 11) is -0.686. The third-order valence-electron chi connectivity index (χ3n) is 2.65. The van der Waals surface area contributed by atoms with Gasteiger partial charge in [-0.05, 0) is 12.1 Å². The summed E-state index contributed by atoms with van der Waals surface area (Å²) in [6.45, 7) is 0.369. The second-order valence-corrected chi connectivity index (χ2v) is 5.98. The number of carbonyl (C=O) groups is 1. The summed E-state index contributed by atoms with van der Waals surface area (Å²) in [5.41, 5.74) is 6.02. The van der Waals surface area contributed by atoms with Crippen molar-refractivity contribution in [2.75, 3.05) is 20.6 Å². The molecule has 8 heteroatoms. The zero-order valence-electron chi connectivity index (χ0n) is 11.0. The van der Waals surface area contributed by atoms with Crippen molar-refractivity contribution >= 4 is 15.9 Å². The summed E-state index contributed by atoms with van der Waals surface area (Å²) in [5, 5.41) is 2.44. The van der Waals surface area contributed by atoms with Crippen LogP contribution in [0.5, 0.6) is 0 Å². The number of aromatic nitrogens is 1. The van der Waals surface area contributed by atoms with Crippen molar-refractivity contribution in [2.45, 2.75) is 17.9 Å². The molecule has 1 aromatic rings. The van der Waals surface area contributed by atoms with Crippen molar-refractivity contribution in [3.05, 3.63) is 24.0 Å². The molecule has 0 atom stereocenters. The molecule has 0 unspecified atom stereocenters. The second kappa shape index (κ2) is 6.60. The first-order chi connectivity index (χ1) is 8.91. The SMILES string of the molecule is CNC(=O)CCN(C)S(=O)(=O)c1ccc(CN)nc1. The van der Waals surface area contributed by atoms with E-state index in [9.17, 15) is 13.2 Å². The van der Waals surface area contributed by atoms with Crippen molar-refractivity contribution in [3.8, 4) is 0 Å². The van der Waals surface area contributed by atoms with E-state index in [1.807, 2.05) is 0 Å². The summed E-state index contributed by atoms with van der Waals surface area (Å²) in [6.07, 6.45) is 1.38. The maximum Gasteiger partial charge on any atom is 0.244 e. The van der Waals surface area contributed by atoms with Crippen LogP contribution in [0.3, 0.4) is 0 Å². The molecule has 7 nitrogen and oxygen atoms in total. The lowest BCUT2D eigenvalue weighted by atomic mass is 10.4. The molecule has 1 rings (SSSR count). The van der Waals surface area contributed by atoms with Crippen molar-refractivity contribution in [1.29, 1.82) is 0 Å². The molecule has 0 aliphatic rings. The summed E-state index contributed by atoms with van der Waals surface area (Å²) >= 11 is 0. The monoisotopic (exact) mass is 286 g/mol. The van der Waals surface area contributed by atoms with Crippen LogP contribution in [0.15, 0.2) is 23.2 Å². The summed E-state index contributed by atoms with van der Waals surface area (Å²) in [4.78, 5) is 15.1. The van der Waals surface area contributed by atoms with E-state index in [0.717, 1.165) is 4.31 Å². The highest BCUT2D eigenvalue weighted by atomic mass is 32.2. The molecule has 0 aromatic carbocycles. The number of sulfonamides is 1. The molecule has 0 saturated heterocycles. The first kappa shape index (κ1) is 15.5. The Bertz CT molecular complexity index is 527. The van der Waals surface area contributed by atoms with E-state index in [-0.39, 0.29) is 30.3 Å². The lowest BCUT2D eigenvalue weighted by Gasteiger charge is -2.16. The van der Waals surface area contributed by atoms with Gasteiger partial charge in [0.25, 0.3) is 0 Å². The molecule has 0 aliphatic heterocycles. The Hall–Kier alpha value is -1.51. The van der Waals surface area contributed by atoms with E-state index in [0.29, 0.717) is 5.69 Å². The zero-order chi connectivity index (χ0) is 14.5. The smallest absolute Gasteiger partial charge is 0.244 e. The highest BCUT2D eigenvalue weighted by molar-refractivity contribution is 7.89. The summed E-state index contributed by atoms with van der Waals surface area (Å²) < 4.78 is 25.4. The van der Waals surface area contributed by atoms with Crippen LogP contribution in [0.4, 0.5) is 0 Å². The summed E-state index contributed by atoms with van der Waals surface area (Å²) in [6, 6.07) is 3.03. The van der Waals surface area contributed by atoms with E-state index in [1.165, 1.54) is 26.4 Å². The Morgan fingerprint density at radius 1 is 1.47 bits per heavy atom. The van der Waals surface area contributed by atoms with Crippen LogP contribution < -0.4 is 11.1 Å². The fraction of sp³-hybridized carbons (Fsp3) is 0.455.